The molecule has 0 aromatic heterocycles. The first kappa shape index (κ1) is 19.5. The van der Waals surface area contributed by atoms with Crippen molar-refractivity contribution in [2.75, 3.05) is 13.4 Å². The van der Waals surface area contributed by atoms with E-state index in [9.17, 15) is 9.90 Å². The smallest absolute Gasteiger partial charge is 0.407 e. The molecule has 31 heavy (non-hydrogen) atoms. The van der Waals surface area contributed by atoms with Gasteiger partial charge in [-0.15, -0.1) is 0 Å². The molecule has 0 spiro atoms. The van der Waals surface area contributed by atoms with Crippen LogP contribution in [0.1, 0.15) is 35.6 Å². The van der Waals surface area contributed by atoms with E-state index in [0.717, 1.165) is 11.1 Å². The number of aliphatic hydroxyl groups is 1. The van der Waals surface area contributed by atoms with Crippen molar-refractivity contribution in [2.45, 2.75) is 25.0 Å². The molecular weight excluding hydrogens is 394 g/mol. The lowest BCUT2D eigenvalue weighted by Gasteiger charge is -2.21. The number of alkyl carbamates (subject to hydrolysis) is 1. The third-order valence-corrected chi connectivity index (χ3v) is 5.90. The number of carbonyl (C=O) groups is 1. The van der Waals surface area contributed by atoms with E-state index in [1.54, 1.807) is 25.1 Å². The lowest BCUT2D eigenvalue weighted by atomic mass is 9.98. The van der Waals surface area contributed by atoms with E-state index in [2.05, 4.69) is 29.6 Å². The summed E-state index contributed by atoms with van der Waals surface area (Å²) in [5.41, 5.74) is 5.31. The van der Waals surface area contributed by atoms with Gasteiger partial charge in [-0.25, -0.2) is 4.79 Å². The summed E-state index contributed by atoms with van der Waals surface area (Å²) in [6.45, 7) is 2.13. The molecule has 0 radical (unpaired) electrons. The summed E-state index contributed by atoms with van der Waals surface area (Å²) in [6.07, 6.45) is -1.47. The van der Waals surface area contributed by atoms with E-state index >= 15 is 0 Å². The zero-order valence-electron chi connectivity index (χ0n) is 17.1. The molecule has 0 fully saturated rings. The van der Waals surface area contributed by atoms with E-state index in [1.807, 2.05) is 24.3 Å². The lowest BCUT2D eigenvalue weighted by Crippen LogP contribution is -2.38. The summed E-state index contributed by atoms with van der Waals surface area (Å²) in [6, 6.07) is 21.1. The van der Waals surface area contributed by atoms with E-state index < -0.39 is 18.2 Å². The molecule has 1 aliphatic carbocycles. The number of hydrogen-bond acceptors (Lipinski definition) is 5. The van der Waals surface area contributed by atoms with Gasteiger partial charge in [-0.05, 0) is 46.9 Å². The van der Waals surface area contributed by atoms with E-state index in [1.165, 1.54) is 11.1 Å². The van der Waals surface area contributed by atoms with Crippen LogP contribution in [0.25, 0.3) is 11.1 Å². The topological polar surface area (TPSA) is 77.0 Å². The number of ether oxygens (including phenoxy) is 3. The van der Waals surface area contributed by atoms with Gasteiger partial charge in [0.05, 0.1) is 12.1 Å². The number of carbonyl (C=O) groups excluding carboxylic acids is 1. The van der Waals surface area contributed by atoms with Crippen LogP contribution in [-0.2, 0) is 4.74 Å². The van der Waals surface area contributed by atoms with Gasteiger partial charge in [0.2, 0.25) is 6.79 Å². The Morgan fingerprint density at radius 2 is 1.68 bits per heavy atom. The van der Waals surface area contributed by atoms with Crippen molar-refractivity contribution in [3.05, 3.63) is 83.4 Å². The molecule has 158 valence electrons. The minimum atomic E-state index is -0.907. The molecule has 2 atom stereocenters. The van der Waals surface area contributed by atoms with Crippen molar-refractivity contribution in [1.82, 2.24) is 5.32 Å². The number of rotatable bonds is 5. The fourth-order valence-electron chi connectivity index (χ4n) is 4.29. The van der Waals surface area contributed by atoms with Gasteiger partial charge in [-0.1, -0.05) is 54.6 Å². The van der Waals surface area contributed by atoms with Crippen LogP contribution in [0.3, 0.4) is 0 Å². The average Bonchev–Trinajstić information content (AvgIpc) is 3.39. The van der Waals surface area contributed by atoms with Crippen LogP contribution in [0, 0.1) is 0 Å². The molecule has 2 unspecified atom stereocenters. The molecule has 0 bridgehead atoms. The second kappa shape index (κ2) is 7.96. The number of benzene rings is 3. The highest BCUT2D eigenvalue weighted by atomic mass is 16.7. The minimum Gasteiger partial charge on any atom is -0.454 e. The highest BCUT2D eigenvalue weighted by Gasteiger charge is 2.29. The average molecular weight is 417 g/mol. The maximum atomic E-state index is 12.5. The SMILES string of the molecule is CC(NC(=O)OCC1c2ccccc2-c2ccccc21)C(O)c1ccc2c(c1)OCO2. The van der Waals surface area contributed by atoms with Crippen molar-refractivity contribution >= 4 is 6.09 Å². The number of amides is 1. The monoisotopic (exact) mass is 417 g/mol. The first-order chi connectivity index (χ1) is 15.1. The van der Waals surface area contributed by atoms with Crippen LogP contribution in [0.5, 0.6) is 11.5 Å². The Labute approximate surface area is 180 Å². The lowest BCUT2D eigenvalue weighted by molar-refractivity contribution is 0.108. The van der Waals surface area contributed by atoms with E-state index in [-0.39, 0.29) is 19.3 Å². The molecule has 2 aliphatic rings. The van der Waals surface area contributed by atoms with Crippen LogP contribution in [0.2, 0.25) is 0 Å². The molecule has 1 heterocycles. The summed E-state index contributed by atoms with van der Waals surface area (Å²) in [4.78, 5) is 12.5. The van der Waals surface area contributed by atoms with E-state index in [4.69, 9.17) is 14.2 Å². The van der Waals surface area contributed by atoms with Crippen LogP contribution < -0.4 is 14.8 Å². The molecule has 0 saturated carbocycles. The number of fused-ring (bicyclic) bond motifs is 4. The van der Waals surface area contributed by atoms with Crippen LogP contribution in [-0.4, -0.2) is 30.6 Å². The second-order valence-electron chi connectivity index (χ2n) is 7.82. The van der Waals surface area contributed by atoms with Gasteiger partial charge in [-0.2, -0.15) is 0 Å². The summed E-state index contributed by atoms with van der Waals surface area (Å²) in [5.74, 6) is 1.23. The summed E-state index contributed by atoms with van der Waals surface area (Å²) in [5, 5.41) is 13.4. The highest BCUT2D eigenvalue weighted by molar-refractivity contribution is 5.79. The predicted octanol–water partition coefficient (Wildman–Crippen LogP) is 4.38. The Morgan fingerprint density at radius 1 is 1.03 bits per heavy atom. The molecule has 1 amide bonds. The van der Waals surface area contributed by atoms with Crippen LogP contribution in [0.15, 0.2) is 66.7 Å². The standard InChI is InChI=1S/C25H23NO5/c1-15(24(27)16-10-11-22-23(12-16)31-14-30-22)26-25(28)29-13-21-19-8-4-2-6-17(19)18-7-3-5-9-20(18)21/h2-12,15,21,24,27H,13-14H2,1H3,(H,26,28). The quantitative estimate of drug-likeness (QED) is 0.644. The van der Waals surface area contributed by atoms with Crippen LogP contribution >= 0.6 is 0 Å². The number of hydrogen-bond donors (Lipinski definition) is 2. The maximum Gasteiger partial charge on any atom is 0.407 e. The number of nitrogens with one attached hydrogen (secondary N) is 1. The van der Waals surface area contributed by atoms with Gasteiger partial charge in [0.1, 0.15) is 6.61 Å². The second-order valence-corrected chi connectivity index (χ2v) is 7.82. The Hall–Kier alpha value is -3.51. The zero-order chi connectivity index (χ0) is 21.4. The third kappa shape index (κ3) is 3.59. The van der Waals surface area contributed by atoms with E-state index in [0.29, 0.717) is 17.1 Å². The predicted molar refractivity (Wildman–Crippen MR) is 115 cm³/mol. The molecule has 2 N–H and O–H groups in total. The van der Waals surface area contributed by atoms with Gasteiger partial charge in [0.25, 0.3) is 0 Å². The summed E-state index contributed by atoms with van der Waals surface area (Å²) in [7, 11) is 0. The van der Waals surface area contributed by atoms with Crippen molar-refractivity contribution in [3.63, 3.8) is 0 Å². The van der Waals surface area contributed by atoms with Gasteiger partial charge < -0.3 is 24.6 Å². The third-order valence-electron chi connectivity index (χ3n) is 5.90. The molecule has 6 heteroatoms. The van der Waals surface area contributed by atoms with Crippen LogP contribution in [0.4, 0.5) is 4.79 Å². The maximum absolute atomic E-state index is 12.5. The fourth-order valence-corrected chi connectivity index (χ4v) is 4.29. The normalized spacial score (nSPS) is 15.7. The first-order valence-electron chi connectivity index (χ1n) is 10.3. The Bertz CT molecular complexity index is 1080. The van der Waals surface area contributed by atoms with Gasteiger partial charge in [-0.3, -0.25) is 0 Å². The molecule has 5 rings (SSSR count). The van der Waals surface area contributed by atoms with Crippen molar-refractivity contribution in [1.29, 1.82) is 0 Å². The minimum absolute atomic E-state index is 0.00719. The molecule has 3 aromatic carbocycles. The zero-order valence-corrected chi connectivity index (χ0v) is 17.1. The first-order valence-corrected chi connectivity index (χ1v) is 10.3. The molecular formula is C25H23NO5. The van der Waals surface area contributed by atoms with Crippen molar-refractivity contribution in [2.24, 2.45) is 0 Å². The molecule has 3 aromatic rings. The fraction of sp³-hybridized carbons (Fsp3) is 0.240. The summed E-state index contributed by atoms with van der Waals surface area (Å²) < 4.78 is 16.2. The number of aliphatic hydroxyl groups excluding tert-OH is 1. The Kier molecular flexibility index (Phi) is 5.00. The van der Waals surface area contributed by atoms with Crippen molar-refractivity contribution in [3.8, 4) is 22.6 Å². The molecule has 0 saturated heterocycles. The van der Waals surface area contributed by atoms with Gasteiger partial charge in [0.15, 0.2) is 11.5 Å². The largest absolute Gasteiger partial charge is 0.454 e. The Morgan fingerprint density at radius 3 is 2.39 bits per heavy atom. The molecule has 1 aliphatic heterocycles. The van der Waals surface area contributed by atoms with Crippen molar-refractivity contribution < 1.29 is 24.1 Å². The highest BCUT2D eigenvalue weighted by Crippen LogP contribution is 2.44. The molecule has 6 nitrogen and oxygen atoms in total. The van der Waals surface area contributed by atoms with Gasteiger partial charge in [0, 0.05) is 5.92 Å². The van der Waals surface area contributed by atoms with Gasteiger partial charge >= 0.3 is 6.09 Å². The summed E-state index contributed by atoms with van der Waals surface area (Å²) >= 11 is 0. The Balaban J connectivity index is 1.23.